The lowest BCUT2D eigenvalue weighted by atomic mass is 10.2. The Balaban J connectivity index is 1.73. The van der Waals surface area contributed by atoms with Crippen LogP contribution in [0.2, 0.25) is 0 Å². The lowest BCUT2D eigenvalue weighted by molar-refractivity contribution is 0.410. The van der Waals surface area contributed by atoms with Gasteiger partial charge in [-0.25, -0.2) is 0 Å². The van der Waals surface area contributed by atoms with Crippen molar-refractivity contribution in [3.05, 3.63) is 42.2 Å². The molecule has 0 aliphatic carbocycles. The average Bonchev–Trinajstić information content (AvgIpc) is 2.93. The van der Waals surface area contributed by atoms with Crippen molar-refractivity contribution in [2.45, 2.75) is 19.5 Å². The first-order chi connectivity index (χ1) is 9.29. The van der Waals surface area contributed by atoms with E-state index in [1.54, 1.807) is 25.4 Å². The minimum atomic E-state index is 0.292. The minimum Gasteiger partial charge on any atom is -0.508 e. The highest BCUT2D eigenvalue weighted by Crippen LogP contribution is 2.22. The monoisotopic (exact) mass is 261 g/mol. The molecule has 0 saturated carbocycles. The van der Waals surface area contributed by atoms with E-state index < -0.39 is 0 Å². The van der Waals surface area contributed by atoms with Gasteiger partial charge < -0.3 is 15.2 Å². The number of rotatable bonds is 7. The molecule has 5 nitrogen and oxygen atoms in total. The van der Waals surface area contributed by atoms with Crippen molar-refractivity contribution in [1.29, 1.82) is 0 Å². The van der Waals surface area contributed by atoms with Crippen molar-refractivity contribution in [2.75, 3.05) is 13.7 Å². The molecule has 2 N–H and O–H groups in total. The zero-order chi connectivity index (χ0) is 13.5. The van der Waals surface area contributed by atoms with E-state index in [9.17, 15) is 5.11 Å². The molecular formula is C14H19N3O2. The van der Waals surface area contributed by atoms with Crippen LogP contribution >= 0.6 is 0 Å². The summed E-state index contributed by atoms with van der Waals surface area (Å²) in [7, 11) is 1.62. The first-order valence-electron chi connectivity index (χ1n) is 6.33. The summed E-state index contributed by atoms with van der Waals surface area (Å²) in [5, 5.41) is 17.2. The molecule has 0 aliphatic rings. The summed E-state index contributed by atoms with van der Waals surface area (Å²) >= 11 is 0. The molecule has 1 heterocycles. The lowest BCUT2D eigenvalue weighted by Gasteiger charge is -2.09. The number of nitrogens with one attached hydrogen (secondary N) is 1. The molecule has 0 spiro atoms. The van der Waals surface area contributed by atoms with E-state index in [1.165, 1.54) is 0 Å². The maximum absolute atomic E-state index is 9.73. The van der Waals surface area contributed by atoms with Gasteiger partial charge in [0.1, 0.15) is 11.5 Å². The third-order valence-electron chi connectivity index (χ3n) is 2.90. The quantitative estimate of drug-likeness (QED) is 0.746. The molecule has 0 amide bonds. The number of nitrogens with zero attached hydrogens (tertiary/aromatic N) is 2. The molecule has 0 saturated heterocycles. The van der Waals surface area contributed by atoms with E-state index in [1.807, 2.05) is 23.0 Å². The van der Waals surface area contributed by atoms with Crippen molar-refractivity contribution in [1.82, 2.24) is 15.1 Å². The van der Waals surface area contributed by atoms with Crippen LogP contribution in [0.15, 0.2) is 36.7 Å². The van der Waals surface area contributed by atoms with Gasteiger partial charge in [0.25, 0.3) is 0 Å². The van der Waals surface area contributed by atoms with Gasteiger partial charge in [-0.1, -0.05) is 0 Å². The fourth-order valence-corrected chi connectivity index (χ4v) is 1.85. The van der Waals surface area contributed by atoms with Crippen LogP contribution in [0.4, 0.5) is 0 Å². The van der Waals surface area contributed by atoms with Crippen molar-refractivity contribution in [3.8, 4) is 11.5 Å². The summed E-state index contributed by atoms with van der Waals surface area (Å²) < 4.78 is 7.04. The summed E-state index contributed by atoms with van der Waals surface area (Å²) in [5.74, 6) is 1.05. The summed E-state index contributed by atoms with van der Waals surface area (Å²) in [6.07, 6.45) is 4.72. The second-order valence-electron chi connectivity index (χ2n) is 4.29. The van der Waals surface area contributed by atoms with Crippen molar-refractivity contribution >= 4 is 0 Å². The number of aromatic hydroxyl groups is 1. The summed E-state index contributed by atoms with van der Waals surface area (Å²) in [4.78, 5) is 0. The molecule has 2 aromatic rings. The smallest absolute Gasteiger partial charge is 0.120 e. The standard InChI is InChI=1S/C14H19N3O2/c1-19-13-4-5-14(18)12(10-13)11-15-6-2-8-17-9-3-7-16-17/h3-5,7,9-10,15,18H,2,6,8,11H2,1H3. The predicted octanol–water partition coefficient (Wildman–Crippen LogP) is 1.78. The Morgan fingerprint density at radius 3 is 3.05 bits per heavy atom. The fraction of sp³-hybridized carbons (Fsp3) is 0.357. The number of phenolic OH excluding ortho intramolecular Hbond substituents is 1. The van der Waals surface area contributed by atoms with E-state index in [-0.39, 0.29) is 0 Å². The number of phenols is 1. The second-order valence-corrected chi connectivity index (χ2v) is 4.29. The SMILES string of the molecule is COc1ccc(O)c(CNCCCn2cccn2)c1. The zero-order valence-corrected chi connectivity index (χ0v) is 11.0. The van der Waals surface area contributed by atoms with Crippen molar-refractivity contribution in [2.24, 2.45) is 0 Å². The number of hydrogen-bond donors (Lipinski definition) is 2. The molecule has 102 valence electrons. The highest BCUT2D eigenvalue weighted by molar-refractivity contribution is 5.39. The largest absolute Gasteiger partial charge is 0.508 e. The van der Waals surface area contributed by atoms with Gasteiger partial charge in [0.05, 0.1) is 7.11 Å². The highest BCUT2D eigenvalue weighted by atomic mass is 16.5. The topological polar surface area (TPSA) is 59.3 Å². The number of hydrogen-bond acceptors (Lipinski definition) is 4. The van der Waals surface area contributed by atoms with E-state index in [2.05, 4.69) is 10.4 Å². The first kappa shape index (κ1) is 13.4. The van der Waals surface area contributed by atoms with Crippen LogP contribution in [0.5, 0.6) is 11.5 Å². The Labute approximate surface area is 112 Å². The summed E-state index contributed by atoms with van der Waals surface area (Å²) in [6, 6.07) is 7.16. The summed E-state index contributed by atoms with van der Waals surface area (Å²) in [6.45, 7) is 2.39. The molecular weight excluding hydrogens is 242 g/mol. The molecule has 1 aromatic carbocycles. The molecule has 0 aliphatic heterocycles. The number of methoxy groups -OCH3 is 1. The van der Waals surface area contributed by atoms with E-state index in [4.69, 9.17) is 4.74 Å². The normalized spacial score (nSPS) is 10.6. The molecule has 0 radical (unpaired) electrons. The average molecular weight is 261 g/mol. The first-order valence-corrected chi connectivity index (χ1v) is 6.33. The molecule has 0 bridgehead atoms. The van der Waals surface area contributed by atoms with Gasteiger partial charge in [0.2, 0.25) is 0 Å². The van der Waals surface area contributed by atoms with Gasteiger partial charge in [-0.3, -0.25) is 4.68 Å². The van der Waals surface area contributed by atoms with Gasteiger partial charge >= 0.3 is 0 Å². The molecule has 2 rings (SSSR count). The number of aryl methyl sites for hydroxylation is 1. The Morgan fingerprint density at radius 1 is 1.42 bits per heavy atom. The molecule has 0 fully saturated rings. The Morgan fingerprint density at radius 2 is 2.32 bits per heavy atom. The zero-order valence-electron chi connectivity index (χ0n) is 11.0. The molecule has 19 heavy (non-hydrogen) atoms. The third kappa shape index (κ3) is 3.99. The van der Waals surface area contributed by atoms with E-state index in [0.29, 0.717) is 12.3 Å². The number of benzene rings is 1. The van der Waals surface area contributed by atoms with Crippen LogP contribution < -0.4 is 10.1 Å². The van der Waals surface area contributed by atoms with Crippen LogP contribution in [0, 0.1) is 0 Å². The Bertz CT molecular complexity index is 497. The number of aromatic nitrogens is 2. The van der Waals surface area contributed by atoms with Gasteiger partial charge in [-0.2, -0.15) is 5.10 Å². The maximum Gasteiger partial charge on any atom is 0.120 e. The van der Waals surface area contributed by atoms with E-state index in [0.717, 1.165) is 30.8 Å². The summed E-state index contributed by atoms with van der Waals surface area (Å²) in [5.41, 5.74) is 0.846. The highest BCUT2D eigenvalue weighted by Gasteiger charge is 2.02. The van der Waals surface area contributed by atoms with Crippen LogP contribution in [0.25, 0.3) is 0 Å². The third-order valence-corrected chi connectivity index (χ3v) is 2.90. The second kappa shape index (κ2) is 6.80. The Kier molecular flexibility index (Phi) is 4.80. The van der Waals surface area contributed by atoms with Crippen molar-refractivity contribution in [3.63, 3.8) is 0 Å². The van der Waals surface area contributed by atoms with Gasteiger partial charge in [0, 0.05) is 31.0 Å². The Hall–Kier alpha value is -2.01. The number of ether oxygens (including phenoxy) is 1. The van der Waals surface area contributed by atoms with Gasteiger partial charge in [0.15, 0.2) is 0 Å². The lowest BCUT2D eigenvalue weighted by Crippen LogP contribution is -2.16. The van der Waals surface area contributed by atoms with Gasteiger partial charge in [-0.05, 0) is 37.2 Å². The maximum atomic E-state index is 9.73. The van der Waals surface area contributed by atoms with Crippen LogP contribution in [0.1, 0.15) is 12.0 Å². The molecule has 0 unspecified atom stereocenters. The van der Waals surface area contributed by atoms with Crippen LogP contribution in [-0.4, -0.2) is 28.5 Å². The predicted molar refractivity (Wildman–Crippen MR) is 73.2 cm³/mol. The van der Waals surface area contributed by atoms with Gasteiger partial charge in [-0.15, -0.1) is 0 Å². The van der Waals surface area contributed by atoms with Crippen LogP contribution in [-0.2, 0) is 13.1 Å². The molecule has 1 aromatic heterocycles. The fourth-order valence-electron chi connectivity index (χ4n) is 1.85. The molecule has 5 heteroatoms. The minimum absolute atomic E-state index is 0.292. The van der Waals surface area contributed by atoms with Crippen LogP contribution in [0.3, 0.4) is 0 Å². The van der Waals surface area contributed by atoms with E-state index >= 15 is 0 Å². The van der Waals surface area contributed by atoms with Crippen molar-refractivity contribution < 1.29 is 9.84 Å². The molecule has 0 atom stereocenters.